The predicted octanol–water partition coefficient (Wildman–Crippen LogP) is 2.04. The van der Waals surface area contributed by atoms with Crippen molar-refractivity contribution in [2.24, 2.45) is 0 Å². The summed E-state index contributed by atoms with van der Waals surface area (Å²) in [7, 11) is 0. The highest BCUT2D eigenvalue weighted by Crippen LogP contribution is 2.18. The molecule has 0 aromatic heterocycles. The number of halogens is 4. The van der Waals surface area contributed by atoms with Crippen LogP contribution in [0.25, 0.3) is 0 Å². The maximum Gasteiger partial charge on any atom is 0.490 e. The van der Waals surface area contributed by atoms with Crippen molar-refractivity contribution >= 4 is 23.5 Å². The number of alkyl halides is 4. The van der Waals surface area contributed by atoms with Crippen LogP contribution in [0.5, 0.6) is 0 Å². The predicted molar refractivity (Wildman–Crippen MR) is 52.5 cm³/mol. The van der Waals surface area contributed by atoms with Crippen LogP contribution in [0.4, 0.5) is 13.2 Å². The number of esters is 2. The van der Waals surface area contributed by atoms with Gasteiger partial charge in [0.25, 0.3) is 0 Å². The molecule has 17 heavy (non-hydrogen) atoms. The Bertz CT molecular complexity index is 267. The monoisotopic (exact) mass is 276 g/mol. The Labute approximate surface area is 101 Å². The first-order valence-corrected chi connectivity index (χ1v) is 5.34. The Kier molecular flexibility index (Phi) is 6.94. The zero-order chi connectivity index (χ0) is 13.5. The van der Waals surface area contributed by atoms with Crippen LogP contribution in [-0.2, 0) is 19.1 Å². The molecule has 0 rings (SSSR count). The lowest BCUT2D eigenvalue weighted by Crippen LogP contribution is -2.32. The fraction of sp³-hybridized carbons (Fsp3) is 0.778. The van der Waals surface area contributed by atoms with Crippen LogP contribution >= 0.6 is 11.6 Å². The molecular formula is C9H12ClF3O4. The summed E-state index contributed by atoms with van der Waals surface area (Å²) in [4.78, 5) is 21.5. The second-order valence-electron chi connectivity index (χ2n) is 3.10. The molecule has 0 aliphatic carbocycles. The molecule has 0 fully saturated rings. The Morgan fingerprint density at radius 3 is 2.35 bits per heavy atom. The van der Waals surface area contributed by atoms with E-state index in [2.05, 4.69) is 9.47 Å². The summed E-state index contributed by atoms with van der Waals surface area (Å²) < 4.78 is 44.2. The second-order valence-corrected chi connectivity index (χ2v) is 3.41. The number of rotatable bonds is 6. The molecule has 0 aliphatic heterocycles. The zero-order valence-corrected chi connectivity index (χ0v) is 9.81. The second kappa shape index (κ2) is 7.37. The molecule has 0 radical (unpaired) electrons. The van der Waals surface area contributed by atoms with E-state index in [0.29, 0.717) is 6.42 Å². The average Bonchev–Trinajstić information content (AvgIpc) is 2.23. The topological polar surface area (TPSA) is 52.6 Å². The van der Waals surface area contributed by atoms with Crippen LogP contribution in [-0.4, -0.2) is 36.7 Å². The summed E-state index contributed by atoms with van der Waals surface area (Å²) in [6, 6.07) is 0. The largest absolute Gasteiger partial charge is 0.490 e. The molecule has 100 valence electrons. The third-order valence-corrected chi connectivity index (χ3v) is 1.88. The fourth-order valence-corrected chi connectivity index (χ4v) is 0.979. The van der Waals surface area contributed by atoms with Crippen molar-refractivity contribution < 1.29 is 32.2 Å². The molecule has 0 aromatic rings. The molecule has 0 saturated carbocycles. The molecule has 0 aromatic carbocycles. The lowest BCUT2D eigenvalue weighted by Gasteiger charge is -2.15. The van der Waals surface area contributed by atoms with Gasteiger partial charge in [-0.1, -0.05) is 6.92 Å². The Morgan fingerprint density at radius 1 is 1.35 bits per heavy atom. The Balaban J connectivity index is 4.17. The van der Waals surface area contributed by atoms with Crippen molar-refractivity contribution in [1.29, 1.82) is 0 Å². The molecule has 0 bridgehead atoms. The highest BCUT2D eigenvalue weighted by Gasteiger charge is 2.42. The van der Waals surface area contributed by atoms with Gasteiger partial charge in [0.2, 0.25) is 0 Å². The van der Waals surface area contributed by atoms with E-state index in [-0.39, 0.29) is 6.61 Å². The van der Waals surface area contributed by atoms with Gasteiger partial charge in [-0.25, -0.2) is 4.79 Å². The first-order chi connectivity index (χ1) is 7.81. The highest BCUT2D eigenvalue weighted by molar-refractivity contribution is 6.18. The highest BCUT2D eigenvalue weighted by atomic mass is 35.5. The van der Waals surface area contributed by atoms with Crippen LogP contribution < -0.4 is 0 Å². The van der Waals surface area contributed by atoms with Crippen molar-refractivity contribution in [3.63, 3.8) is 0 Å². The van der Waals surface area contributed by atoms with E-state index in [9.17, 15) is 22.8 Å². The van der Waals surface area contributed by atoms with Crippen LogP contribution in [0.15, 0.2) is 0 Å². The molecule has 8 heteroatoms. The van der Waals surface area contributed by atoms with Gasteiger partial charge in [-0.15, -0.1) is 11.6 Å². The quantitative estimate of drug-likeness (QED) is 0.550. The van der Waals surface area contributed by atoms with Gasteiger partial charge in [-0.05, 0) is 6.42 Å². The smallest absolute Gasteiger partial charge is 0.466 e. The van der Waals surface area contributed by atoms with E-state index < -0.39 is 36.5 Å². The van der Waals surface area contributed by atoms with E-state index in [1.807, 2.05) is 0 Å². The molecule has 4 nitrogen and oxygen atoms in total. The first kappa shape index (κ1) is 16.0. The molecule has 0 N–H and O–H groups in total. The van der Waals surface area contributed by atoms with Crippen molar-refractivity contribution in [1.82, 2.24) is 0 Å². The lowest BCUT2D eigenvalue weighted by atomic mass is 10.3. The molecule has 0 aliphatic rings. The van der Waals surface area contributed by atoms with Crippen molar-refractivity contribution in [3.05, 3.63) is 0 Å². The third kappa shape index (κ3) is 7.04. The summed E-state index contributed by atoms with van der Waals surface area (Å²) in [6.07, 6.45) is -6.35. The summed E-state index contributed by atoms with van der Waals surface area (Å²) >= 11 is 5.29. The van der Waals surface area contributed by atoms with Gasteiger partial charge in [0.1, 0.15) is 6.10 Å². The fourth-order valence-electron chi connectivity index (χ4n) is 0.807. The van der Waals surface area contributed by atoms with E-state index in [1.165, 1.54) is 0 Å². The molecule has 1 atom stereocenters. The van der Waals surface area contributed by atoms with Crippen molar-refractivity contribution in [2.75, 3.05) is 12.5 Å². The van der Waals surface area contributed by atoms with Gasteiger partial charge in [0.15, 0.2) is 0 Å². The van der Waals surface area contributed by atoms with Crippen LogP contribution in [0.3, 0.4) is 0 Å². The van der Waals surface area contributed by atoms with Gasteiger partial charge >= 0.3 is 18.1 Å². The summed E-state index contributed by atoms with van der Waals surface area (Å²) in [5.41, 5.74) is 0. The van der Waals surface area contributed by atoms with Crippen LogP contribution in [0.1, 0.15) is 19.8 Å². The Hall–Kier alpha value is -0.980. The zero-order valence-electron chi connectivity index (χ0n) is 9.05. The minimum absolute atomic E-state index is 0.154. The minimum atomic E-state index is -5.10. The lowest BCUT2D eigenvalue weighted by molar-refractivity contribution is -0.204. The SMILES string of the molecule is CCCOC(=O)CC(CCl)OC(=O)C(F)(F)F. The van der Waals surface area contributed by atoms with Gasteiger partial charge < -0.3 is 9.47 Å². The average molecular weight is 277 g/mol. The maximum atomic E-state index is 11.9. The van der Waals surface area contributed by atoms with Gasteiger partial charge in [0, 0.05) is 0 Å². The van der Waals surface area contributed by atoms with Gasteiger partial charge in [-0.2, -0.15) is 13.2 Å². The summed E-state index contributed by atoms with van der Waals surface area (Å²) in [5, 5.41) is 0. The van der Waals surface area contributed by atoms with Crippen molar-refractivity contribution in [2.45, 2.75) is 32.0 Å². The number of hydrogen-bond donors (Lipinski definition) is 0. The van der Waals surface area contributed by atoms with E-state index in [1.54, 1.807) is 6.92 Å². The summed E-state index contributed by atoms with van der Waals surface area (Å²) in [6.45, 7) is 1.91. The standard InChI is InChI=1S/C9H12ClF3O4/c1-2-3-16-7(14)4-6(5-10)17-8(15)9(11,12)13/h6H,2-5H2,1H3. The summed E-state index contributed by atoms with van der Waals surface area (Å²) in [5.74, 6) is -3.54. The van der Waals surface area contributed by atoms with E-state index >= 15 is 0 Å². The molecular weight excluding hydrogens is 265 g/mol. The Morgan fingerprint density at radius 2 is 1.94 bits per heavy atom. The molecule has 0 amide bonds. The van der Waals surface area contributed by atoms with Crippen molar-refractivity contribution in [3.8, 4) is 0 Å². The van der Waals surface area contributed by atoms with Gasteiger partial charge in [-0.3, -0.25) is 4.79 Å². The number of carbonyl (C=O) groups excluding carboxylic acids is 2. The number of hydrogen-bond acceptors (Lipinski definition) is 4. The van der Waals surface area contributed by atoms with Gasteiger partial charge in [0.05, 0.1) is 18.9 Å². The molecule has 0 heterocycles. The third-order valence-electron chi connectivity index (χ3n) is 1.54. The maximum absolute atomic E-state index is 11.9. The normalized spacial score (nSPS) is 13.0. The first-order valence-electron chi connectivity index (χ1n) is 4.80. The molecule has 0 spiro atoms. The molecule has 0 saturated heterocycles. The van der Waals surface area contributed by atoms with Crippen LogP contribution in [0.2, 0.25) is 0 Å². The van der Waals surface area contributed by atoms with E-state index in [0.717, 1.165) is 0 Å². The number of carbonyl (C=O) groups is 2. The molecule has 1 unspecified atom stereocenters. The van der Waals surface area contributed by atoms with Crippen LogP contribution in [0, 0.1) is 0 Å². The number of ether oxygens (including phenoxy) is 2. The minimum Gasteiger partial charge on any atom is -0.466 e. The van der Waals surface area contributed by atoms with E-state index in [4.69, 9.17) is 11.6 Å².